The van der Waals surface area contributed by atoms with Crippen LogP contribution in [0.5, 0.6) is 0 Å². The van der Waals surface area contributed by atoms with Gasteiger partial charge in [0.1, 0.15) is 5.82 Å². The molecule has 1 heterocycles. The van der Waals surface area contributed by atoms with E-state index in [1.807, 2.05) is 39.3 Å². The number of pyridine rings is 1. The molecule has 1 aromatic heterocycles. The number of aromatic nitrogens is 1. The molecule has 4 nitrogen and oxygen atoms in total. The van der Waals surface area contributed by atoms with Crippen LogP contribution in [0.25, 0.3) is 0 Å². The number of anilines is 2. The fourth-order valence-corrected chi connectivity index (χ4v) is 3.97. The topological polar surface area (TPSA) is 31.4 Å². The molecule has 0 aliphatic rings. The lowest BCUT2D eigenvalue weighted by Crippen LogP contribution is -2.18. The quantitative estimate of drug-likeness (QED) is 0.487. The van der Waals surface area contributed by atoms with Crippen molar-refractivity contribution in [2.45, 2.75) is 16.3 Å². The molecule has 28 heavy (non-hydrogen) atoms. The van der Waals surface area contributed by atoms with E-state index in [1.54, 1.807) is 30.0 Å². The van der Waals surface area contributed by atoms with Crippen molar-refractivity contribution >= 4 is 35.3 Å². The summed E-state index contributed by atoms with van der Waals surface area (Å²) in [6, 6.07) is 19.7. The number of nitrogens with one attached hydrogen (secondary N) is 1. The average molecular weight is 415 g/mol. The van der Waals surface area contributed by atoms with Crippen LogP contribution >= 0.6 is 23.9 Å². The van der Waals surface area contributed by atoms with E-state index < -0.39 is 0 Å². The summed E-state index contributed by atoms with van der Waals surface area (Å²) in [6.07, 6.45) is 1.25. The molecule has 0 atom stereocenters. The molecule has 7 heteroatoms. The number of benzene rings is 2. The molecule has 0 radical (unpaired) electrons. The molecule has 0 aliphatic carbocycles. The fourth-order valence-electron chi connectivity index (χ4n) is 2.61. The van der Waals surface area contributed by atoms with E-state index in [-0.39, 0.29) is 5.82 Å². The number of hydrogen-bond acceptors (Lipinski definition) is 6. The number of hydrogen-bond donors (Lipinski definition) is 1. The van der Waals surface area contributed by atoms with Gasteiger partial charge in [0.15, 0.2) is 0 Å². The van der Waals surface area contributed by atoms with Gasteiger partial charge >= 0.3 is 0 Å². The number of halogens is 1. The second-order valence-electron chi connectivity index (χ2n) is 6.42. The molecule has 0 spiro atoms. The fraction of sp³-hybridized carbons (Fsp3) is 0.190. The van der Waals surface area contributed by atoms with E-state index in [9.17, 15) is 4.39 Å². The van der Waals surface area contributed by atoms with Gasteiger partial charge in [0.05, 0.1) is 29.8 Å². The number of nitrogens with zero attached hydrogens (tertiary/aromatic N) is 3. The minimum atomic E-state index is -0.320. The van der Waals surface area contributed by atoms with Gasteiger partial charge in [-0.15, -0.1) is 0 Å². The van der Waals surface area contributed by atoms with Crippen LogP contribution < -0.4 is 9.62 Å². The average Bonchev–Trinajstić information content (AvgIpc) is 2.69. The zero-order valence-corrected chi connectivity index (χ0v) is 17.7. The molecule has 0 saturated heterocycles. The first-order valence-corrected chi connectivity index (χ1v) is 10.4. The van der Waals surface area contributed by atoms with Crippen LogP contribution in [0.4, 0.5) is 15.8 Å². The van der Waals surface area contributed by atoms with Crippen molar-refractivity contribution < 1.29 is 4.39 Å². The maximum absolute atomic E-state index is 13.1. The van der Waals surface area contributed by atoms with Crippen molar-refractivity contribution in [3.05, 3.63) is 78.4 Å². The predicted molar refractivity (Wildman–Crippen MR) is 118 cm³/mol. The van der Waals surface area contributed by atoms with Crippen LogP contribution in [0.3, 0.4) is 0 Å². The molecule has 0 unspecified atom stereocenters. The predicted octanol–water partition coefficient (Wildman–Crippen LogP) is 5.55. The normalized spacial score (nSPS) is 10.9. The molecule has 2 aromatic carbocycles. The molecule has 0 aliphatic heterocycles. The highest BCUT2D eigenvalue weighted by atomic mass is 32.2. The summed E-state index contributed by atoms with van der Waals surface area (Å²) in [7, 11) is 6.07. The van der Waals surface area contributed by atoms with Gasteiger partial charge in [-0.1, -0.05) is 12.1 Å². The lowest BCUT2D eigenvalue weighted by Gasteiger charge is -2.22. The van der Waals surface area contributed by atoms with Crippen molar-refractivity contribution in [3.63, 3.8) is 0 Å². The Bertz CT molecular complexity index is 886. The SMILES string of the molecule is CN(C)Sc1ccc(SNc2ccccc2N(C)Cc2ccc(F)cn2)cc1. The smallest absolute Gasteiger partial charge is 0.141 e. The lowest BCUT2D eigenvalue weighted by atomic mass is 10.2. The third-order valence-electron chi connectivity index (χ3n) is 3.89. The highest BCUT2D eigenvalue weighted by Gasteiger charge is 2.09. The molecule has 1 N–H and O–H groups in total. The van der Waals surface area contributed by atoms with E-state index in [0.717, 1.165) is 22.0 Å². The van der Waals surface area contributed by atoms with Crippen LogP contribution in [0.1, 0.15) is 5.69 Å². The van der Waals surface area contributed by atoms with Crippen molar-refractivity contribution in [1.29, 1.82) is 0 Å². The lowest BCUT2D eigenvalue weighted by molar-refractivity contribution is 0.618. The number of rotatable bonds is 8. The molecule has 0 amide bonds. The molecule has 0 saturated carbocycles. The largest absolute Gasteiger partial charge is 0.367 e. The number of para-hydroxylation sites is 2. The van der Waals surface area contributed by atoms with Gasteiger partial charge in [-0.05, 0) is 86.5 Å². The van der Waals surface area contributed by atoms with E-state index in [0.29, 0.717) is 6.54 Å². The third-order valence-corrected chi connectivity index (χ3v) is 5.57. The zero-order valence-electron chi connectivity index (χ0n) is 16.1. The molecular formula is C21H23FN4S2. The Morgan fingerprint density at radius 2 is 1.64 bits per heavy atom. The Kier molecular flexibility index (Phi) is 7.19. The second-order valence-corrected chi connectivity index (χ2v) is 8.68. The first-order chi connectivity index (χ1) is 13.5. The summed E-state index contributed by atoms with van der Waals surface area (Å²) in [6.45, 7) is 0.597. The standard InChI is InChI=1S/C21H23FN4S2/c1-25(2)28-19-12-10-18(11-13-19)27-24-20-6-4-5-7-21(20)26(3)15-17-9-8-16(22)14-23-17/h4-14,24H,15H2,1-3H3. The Morgan fingerprint density at radius 1 is 0.929 bits per heavy atom. The molecule has 0 fully saturated rings. The van der Waals surface area contributed by atoms with E-state index >= 15 is 0 Å². The summed E-state index contributed by atoms with van der Waals surface area (Å²) < 4.78 is 18.6. The van der Waals surface area contributed by atoms with Gasteiger partial charge in [-0.25, -0.2) is 4.39 Å². The van der Waals surface area contributed by atoms with Crippen LogP contribution in [-0.4, -0.2) is 30.4 Å². The van der Waals surface area contributed by atoms with Crippen molar-refractivity contribution in [3.8, 4) is 0 Å². The van der Waals surface area contributed by atoms with Crippen LogP contribution in [0.15, 0.2) is 76.7 Å². The molecule has 3 aromatic rings. The Morgan fingerprint density at radius 3 is 2.32 bits per heavy atom. The van der Waals surface area contributed by atoms with Gasteiger partial charge in [0, 0.05) is 16.8 Å². The van der Waals surface area contributed by atoms with E-state index in [2.05, 4.69) is 49.2 Å². The van der Waals surface area contributed by atoms with Gasteiger partial charge in [0.2, 0.25) is 0 Å². The second kappa shape index (κ2) is 9.82. The Balaban J connectivity index is 1.65. The van der Waals surface area contributed by atoms with Crippen LogP contribution in [-0.2, 0) is 6.54 Å². The van der Waals surface area contributed by atoms with Crippen molar-refractivity contribution in [2.24, 2.45) is 0 Å². The molecule has 3 rings (SSSR count). The summed E-state index contributed by atoms with van der Waals surface area (Å²) in [5.41, 5.74) is 2.89. The van der Waals surface area contributed by atoms with Gasteiger partial charge in [-0.2, -0.15) is 0 Å². The van der Waals surface area contributed by atoms with Crippen LogP contribution in [0.2, 0.25) is 0 Å². The Hall–Kier alpha value is -2.22. The van der Waals surface area contributed by atoms with Gasteiger partial charge in [0.25, 0.3) is 0 Å². The minimum Gasteiger partial charge on any atom is -0.367 e. The first kappa shape index (κ1) is 20.5. The summed E-state index contributed by atoms with van der Waals surface area (Å²) in [4.78, 5) is 8.59. The minimum absolute atomic E-state index is 0.320. The summed E-state index contributed by atoms with van der Waals surface area (Å²) in [5, 5.41) is 0. The maximum atomic E-state index is 13.1. The summed E-state index contributed by atoms with van der Waals surface area (Å²) >= 11 is 3.27. The van der Waals surface area contributed by atoms with Gasteiger partial charge in [-0.3, -0.25) is 9.29 Å². The van der Waals surface area contributed by atoms with E-state index in [4.69, 9.17) is 0 Å². The van der Waals surface area contributed by atoms with Crippen molar-refractivity contribution in [2.75, 3.05) is 30.8 Å². The maximum Gasteiger partial charge on any atom is 0.141 e. The zero-order chi connectivity index (χ0) is 19.9. The van der Waals surface area contributed by atoms with Gasteiger partial charge < -0.3 is 9.62 Å². The molecular weight excluding hydrogens is 391 g/mol. The first-order valence-electron chi connectivity index (χ1n) is 8.80. The summed E-state index contributed by atoms with van der Waals surface area (Å²) in [5.74, 6) is -0.320. The highest BCUT2D eigenvalue weighted by Crippen LogP contribution is 2.31. The molecule has 146 valence electrons. The highest BCUT2D eigenvalue weighted by molar-refractivity contribution is 8.00. The van der Waals surface area contributed by atoms with E-state index in [1.165, 1.54) is 17.2 Å². The Labute approximate surface area is 174 Å². The van der Waals surface area contributed by atoms with Crippen molar-refractivity contribution in [1.82, 2.24) is 9.29 Å². The van der Waals surface area contributed by atoms with Crippen LogP contribution in [0, 0.1) is 5.82 Å². The monoisotopic (exact) mass is 414 g/mol. The third kappa shape index (κ3) is 5.89. The molecule has 0 bridgehead atoms.